The highest BCUT2D eigenvalue weighted by molar-refractivity contribution is 5.72. The number of nitrogens with zero attached hydrogens (tertiary/aromatic N) is 1. The van der Waals surface area contributed by atoms with Crippen LogP contribution in [0.25, 0.3) is 0 Å². The van der Waals surface area contributed by atoms with Gasteiger partial charge in [-0.3, -0.25) is 4.79 Å². The van der Waals surface area contributed by atoms with Gasteiger partial charge in [0.1, 0.15) is 5.82 Å². The van der Waals surface area contributed by atoms with Gasteiger partial charge in [-0.25, -0.2) is 4.39 Å². The average Bonchev–Trinajstić information content (AvgIpc) is 3.19. The summed E-state index contributed by atoms with van der Waals surface area (Å²) in [6, 6.07) is 4.74. The molecule has 5 heteroatoms. The molecule has 1 aromatic rings. The number of carboxylic acids is 1. The monoisotopic (exact) mass is 279 g/mol. The number of hydrogen-bond donors (Lipinski definition) is 1. The summed E-state index contributed by atoms with van der Waals surface area (Å²) in [5, 5.41) is 9.09. The number of morpholine rings is 1. The second-order valence-corrected chi connectivity index (χ2v) is 5.61. The minimum Gasteiger partial charge on any atom is -0.481 e. The van der Waals surface area contributed by atoms with Crippen LogP contribution in [0.2, 0.25) is 0 Å². The second-order valence-electron chi connectivity index (χ2n) is 5.61. The van der Waals surface area contributed by atoms with Crippen molar-refractivity contribution in [3.8, 4) is 0 Å². The first-order valence-electron chi connectivity index (χ1n) is 6.95. The molecular weight excluding hydrogens is 261 g/mol. The van der Waals surface area contributed by atoms with Crippen LogP contribution in [0.3, 0.4) is 0 Å². The Bertz CT molecular complexity index is 522. The van der Waals surface area contributed by atoms with Crippen molar-refractivity contribution in [2.45, 2.75) is 24.7 Å². The van der Waals surface area contributed by atoms with Gasteiger partial charge in [-0.2, -0.15) is 0 Å². The Hall–Kier alpha value is -1.62. The van der Waals surface area contributed by atoms with Crippen LogP contribution in [0.15, 0.2) is 18.2 Å². The van der Waals surface area contributed by atoms with Crippen LogP contribution in [0.1, 0.15) is 24.8 Å². The summed E-state index contributed by atoms with van der Waals surface area (Å²) in [4.78, 5) is 13.2. The molecule has 0 bridgehead atoms. The van der Waals surface area contributed by atoms with E-state index in [1.807, 2.05) is 0 Å². The predicted octanol–water partition coefficient (Wildman–Crippen LogP) is 2.17. The van der Waals surface area contributed by atoms with E-state index in [1.54, 1.807) is 6.07 Å². The molecule has 0 aromatic heterocycles. The van der Waals surface area contributed by atoms with Gasteiger partial charge < -0.3 is 14.7 Å². The van der Waals surface area contributed by atoms with Gasteiger partial charge in [0, 0.05) is 24.2 Å². The summed E-state index contributed by atoms with van der Waals surface area (Å²) < 4.78 is 19.0. The smallest absolute Gasteiger partial charge is 0.304 e. The highest BCUT2D eigenvalue weighted by Gasteiger charge is 2.48. The van der Waals surface area contributed by atoms with E-state index in [-0.39, 0.29) is 17.7 Å². The van der Waals surface area contributed by atoms with Crippen molar-refractivity contribution in [3.63, 3.8) is 0 Å². The SMILES string of the molecule is O=C(O)CC1(c2cc(F)ccc2N2CCOCC2)CC1. The molecule has 3 rings (SSSR count). The number of rotatable bonds is 4. The lowest BCUT2D eigenvalue weighted by Crippen LogP contribution is -2.37. The maximum atomic E-state index is 13.6. The number of hydrogen-bond acceptors (Lipinski definition) is 3. The van der Waals surface area contributed by atoms with E-state index in [2.05, 4.69) is 4.90 Å². The zero-order valence-electron chi connectivity index (χ0n) is 11.3. The Labute approximate surface area is 117 Å². The van der Waals surface area contributed by atoms with Gasteiger partial charge in [-0.1, -0.05) is 0 Å². The van der Waals surface area contributed by atoms with Crippen LogP contribution in [-0.2, 0) is 14.9 Å². The Morgan fingerprint density at radius 3 is 2.65 bits per heavy atom. The predicted molar refractivity (Wildman–Crippen MR) is 72.6 cm³/mol. The maximum Gasteiger partial charge on any atom is 0.304 e. The molecule has 0 amide bonds. The fourth-order valence-corrected chi connectivity index (χ4v) is 2.99. The van der Waals surface area contributed by atoms with E-state index < -0.39 is 5.97 Å². The number of anilines is 1. The van der Waals surface area contributed by atoms with Gasteiger partial charge in [0.15, 0.2) is 0 Å². The van der Waals surface area contributed by atoms with E-state index in [0.717, 1.165) is 37.2 Å². The quantitative estimate of drug-likeness (QED) is 0.917. The molecule has 1 saturated heterocycles. The number of ether oxygens (including phenoxy) is 1. The van der Waals surface area contributed by atoms with E-state index >= 15 is 0 Å². The van der Waals surface area contributed by atoms with Crippen molar-refractivity contribution < 1.29 is 19.0 Å². The zero-order valence-corrected chi connectivity index (χ0v) is 11.3. The highest BCUT2D eigenvalue weighted by atomic mass is 19.1. The first-order chi connectivity index (χ1) is 9.61. The van der Waals surface area contributed by atoms with Crippen LogP contribution in [0.5, 0.6) is 0 Å². The van der Waals surface area contributed by atoms with E-state index in [0.29, 0.717) is 13.2 Å². The molecule has 1 N–H and O–H groups in total. The molecule has 1 aliphatic heterocycles. The number of carbonyl (C=O) groups is 1. The molecule has 2 fully saturated rings. The molecule has 2 aliphatic rings. The van der Waals surface area contributed by atoms with Gasteiger partial charge in [0.2, 0.25) is 0 Å². The van der Waals surface area contributed by atoms with Crippen molar-refractivity contribution in [2.24, 2.45) is 0 Å². The Kier molecular flexibility index (Phi) is 3.38. The largest absolute Gasteiger partial charge is 0.481 e. The van der Waals surface area contributed by atoms with E-state index in [4.69, 9.17) is 9.84 Å². The van der Waals surface area contributed by atoms with E-state index in [1.165, 1.54) is 12.1 Å². The summed E-state index contributed by atoms with van der Waals surface area (Å²) in [6.07, 6.45) is 1.72. The van der Waals surface area contributed by atoms with Gasteiger partial charge in [-0.15, -0.1) is 0 Å². The Morgan fingerprint density at radius 2 is 2.05 bits per heavy atom. The summed E-state index contributed by atoms with van der Waals surface area (Å²) in [5.41, 5.74) is 1.44. The lowest BCUT2D eigenvalue weighted by atomic mass is 9.90. The molecule has 108 valence electrons. The molecule has 0 unspecified atom stereocenters. The number of aliphatic carboxylic acids is 1. The normalized spacial score (nSPS) is 20.8. The summed E-state index contributed by atoms with van der Waals surface area (Å²) in [7, 11) is 0. The third kappa shape index (κ3) is 2.50. The Morgan fingerprint density at radius 1 is 1.35 bits per heavy atom. The minimum atomic E-state index is -0.820. The number of benzene rings is 1. The molecule has 1 heterocycles. The van der Waals surface area contributed by atoms with Crippen molar-refractivity contribution in [1.29, 1.82) is 0 Å². The molecule has 1 aliphatic carbocycles. The fourth-order valence-electron chi connectivity index (χ4n) is 2.99. The lowest BCUT2D eigenvalue weighted by Gasteiger charge is -2.32. The first kappa shape index (κ1) is 13.4. The second kappa shape index (κ2) is 5.05. The molecule has 0 atom stereocenters. The third-order valence-corrected chi connectivity index (χ3v) is 4.22. The van der Waals surface area contributed by atoms with Crippen LogP contribution in [0, 0.1) is 5.82 Å². The fraction of sp³-hybridized carbons (Fsp3) is 0.533. The topological polar surface area (TPSA) is 49.8 Å². The summed E-state index contributed by atoms with van der Waals surface area (Å²) in [5.74, 6) is -1.12. The molecule has 1 aromatic carbocycles. The summed E-state index contributed by atoms with van der Waals surface area (Å²) in [6.45, 7) is 2.84. The first-order valence-corrected chi connectivity index (χ1v) is 6.95. The van der Waals surface area contributed by atoms with Crippen LogP contribution in [0.4, 0.5) is 10.1 Å². The molecule has 4 nitrogen and oxygen atoms in total. The van der Waals surface area contributed by atoms with Gasteiger partial charge in [-0.05, 0) is 36.6 Å². The molecule has 20 heavy (non-hydrogen) atoms. The molecule has 1 saturated carbocycles. The van der Waals surface area contributed by atoms with Crippen molar-refractivity contribution >= 4 is 11.7 Å². The van der Waals surface area contributed by atoms with Gasteiger partial charge >= 0.3 is 5.97 Å². The third-order valence-electron chi connectivity index (χ3n) is 4.22. The Balaban J connectivity index is 1.96. The van der Waals surface area contributed by atoms with Crippen LogP contribution < -0.4 is 4.90 Å². The number of carboxylic acid groups (broad SMARTS) is 1. The van der Waals surface area contributed by atoms with Crippen LogP contribution in [-0.4, -0.2) is 37.4 Å². The van der Waals surface area contributed by atoms with E-state index in [9.17, 15) is 9.18 Å². The zero-order chi connectivity index (χ0) is 14.2. The number of halogens is 1. The lowest BCUT2D eigenvalue weighted by molar-refractivity contribution is -0.137. The van der Waals surface area contributed by atoms with Crippen LogP contribution >= 0.6 is 0 Å². The highest BCUT2D eigenvalue weighted by Crippen LogP contribution is 2.54. The molecule has 0 radical (unpaired) electrons. The average molecular weight is 279 g/mol. The maximum absolute atomic E-state index is 13.6. The van der Waals surface area contributed by atoms with Gasteiger partial charge in [0.05, 0.1) is 19.6 Å². The molecule has 0 spiro atoms. The standard InChI is InChI=1S/C15H18FNO3/c16-11-1-2-13(17-5-7-20-8-6-17)12(9-11)15(3-4-15)10-14(18)19/h1-2,9H,3-8,10H2,(H,18,19). The van der Waals surface area contributed by atoms with Crippen molar-refractivity contribution in [2.75, 3.05) is 31.2 Å². The minimum absolute atomic E-state index is 0.0772. The van der Waals surface area contributed by atoms with Crippen molar-refractivity contribution in [3.05, 3.63) is 29.6 Å². The van der Waals surface area contributed by atoms with Gasteiger partial charge in [0.25, 0.3) is 0 Å². The molecular formula is C15H18FNO3. The summed E-state index contributed by atoms with van der Waals surface area (Å²) >= 11 is 0. The van der Waals surface area contributed by atoms with Crippen molar-refractivity contribution in [1.82, 2.24) is 0 Å².